The Morgan fingerprint density at radius 2 is 1.22 bits per heavy atom. The molecule has 0 heterocycles. The van der Waals surface area contributed by atoms with Crippen LogP contribution in [-0.4, -0.2) is 5.78 Å². The summed E-state index contributed by atoms with van der Waals surface area (Å²) in [5, 5.41) is 0. The first-order chi connectivity index (χ1) is 11.1. The standard InChI is InChI=1S/C22H20O/c1-16-8-6-12-19(14-16)21(20-13-7-9-17(2)15-20)22(23)18-10-4-3-5-11-18/h3-15,21H,1-2H3. The minimum atomic E-state index is -0.266. The summed E-state index contributed by atoms with van der Waals surface area (Å²) < 4.78 is 0. The molecule has 0 aliphatic carbocycles. The van der Waals surface area contributed by atoms with Crippen LogP contribution in [0.5, 0.6) is 0 Å². The van der Waals surface area contributed by atoms with E-state index >= 15 is 0 Å². The van der Waals surface area contributed by atoms with Crippen LogP contribution in [-0.2, 0) is 0 Å². The third-order valence-electron chi connectivity index (χ3n) is 4.07. The number of ketones is 1. The van der Waals surface area contributed by atoms with Crippen LogP contribution in [0.15, 0.2) is 78.9 Å². The molecule has 3 aromatic rings. The molecule has 0 bridgehead atoms. The zero-order valence-corrected chi connectivity index (χ0v) is 13.5. The first kappa shape index (κ1) is 15.2. The minimum absolute atomic E-state index is 0.141. The van der Waals surface area contributed by atoms with Crippen molar-refractivity contribution in [1.29, 1.82) is 0 Å². The van der Waals surface area contributed by atoms with E-state index < -0.39 is 0 Å². The molecule has 23 heavy (non-hydrogen) atoms. The Hall–Kier alpha value is -2.67. The smallest absolute Gasteiger partial charge is 0.174 e. The highest BCUT2D eigenvalue weighted by Crippen LogP contribution is 2.29. The number of carbonyl (C=O) groups excluding carboxylic acids is 1. The van der Waals surface area contributed by atoms with Crippen molar-refractivity contribution in [3.63, 3.8) is 0 Å². The fraction of sp³-hybridized carbons (Fsp3) is 0.136. The second kappa shape index (κ2) is 6.62. The van der Waals surface area contributed by atoms with E-state index in [1.54, 1.807) is 0 Å². The van der Waals surface area contributed by atoms with E-state index in [4.69, 9.17) is 0 Å². The predicted molar refractivity (Wildman–Crippen MR) is 95.0 cm³/mol. The fourth-order valence-corrected chi connectivity index (χ4v) is 2.96. The van der Waals surface area contributed by atoms with E-state index in [0.29, 0.717) is 0 Å². The molecule has 0 fully saturated rings. The summed E-state index contributed by atoms with van der Waals surface area (Å²) in [6, 6.07) is 26.0. The lowest BCUT2D eigenvalue weighted by Crippen LogP contribution is -2.14. The molecule has 0 amide bonds. The van der Waals surface area contributed by atoms with Crippen molar-refractivity contribution < 1.29 is 4.79 Å². The summed E-state index contributed by atoms with van der Waals surface area (Å²) in [4.78, 5) is 13.2. The molecule has 3 aromatic carbocycles. The maximum Gasteiger partial charge on any atom is 0.174 e. The van der Waals surface area contributed by atoms with Gasteiger partial charge in [0.1, 0.15) is 0 Å². The van der Waals surface area contributed by atoms with Crippen LogP contribution in [0.4, 0.5) is 0 Å². The predicted octanol–water partition coefficient (Wildman–Crippen LogP) is 5.32. The highest BCUT2D eigenvalue weighted by Gasteiger charge is 2.24. The molecule has 1 heteroatoms. The number of carbonyl (C=O) groups is 1. The quantitative estimate of drug-likeness (QED) is 0.596. The highest BCUT2D eigenvalue weighted by atomic mass is 16.1. The summed E-state index contributed by atoms with van der Waals surface area (Å²) in [5.74, 6) is -0.126. The van der Waals surface area contributed by atoms with Gasteiger partial charge in [0.15, 0.2) is 5.78 Å². The van der Waals surface area contributed by atoms with E-state index in [0.717, 1.165) is 16.7 Å². The van der Waals surface area contributed by atoms with Crippen molar-refractivity contribution in [2.24, 2.45) is 0 Å². The molecular formula is C22H20O. The lowest BCUT2D eigenvalue weighted by molar-refractivity contribution is 0.0974. The first-order valence-corrected chi connectivity index (χ1v) is 7.87. The van der Waals surface area contributed by atoms with Crippen LogP contribution >= 0.6 is 0 Å². The molecule has 0 saturated heterocycles. The van der Waals surface area contributed by atoms with Gasteiger partial charge in [-0.05, 0) is 25.0 Å². The van der Waals surface area contributed by atoms with Gasteiger partial charge in [0.2, 0.25) is 0 Å². The van der Waals surface area contributed by atoms with Crippen LogP contribution in [0.2, 0.25) is 0 Å². The molecule has 0 atom stereocenters. The van der Waals surface area contributed by atoms with E-state index in [1.165, 1.54) is 11.1 Å². The molecule has 3 rings (SSSR count). The number of hydrogen-bond donors (Lipinski definition) is 0. The lowest BCUT2D eigenvalue weighted by Gasteiger charge is -2.18. The van der Waals surface area contributed by atoms with Gasteiger partial charge in [0, 0.05) is 5.56 Å². The number of benzene rings is 3. The number of Topliss-reactive ketones (excluding diaryl/α,β-unsaturated/α-hetero) is 1. The van der Waals surface area contributed by atoms with Crippen LogP contribution < -0.4 is 0 Å². The Labute approximate surface area is 137 Å². The molecule has 0 N–H and O–H groups in total. The topological polar surface area (TPSA) is 17.1 Å². The zero-order chi connectivity index (χ0) is 16.2. The highest BCUT2D eigenvalue weighted by molar-refractivity contribution is 6.03. The summed E-state index contributed by atoms with van der Waals surface area (Å²) in [7, 11) is 0. The average molecular weight is 300 g/mol. The summed E-state index contributed by atoms with van der Waals surface area (Å²) in [6.07, 6.45) is 0. The van der Waals surface area contributed by atoms with Gasteiger partial charge < -0.3 is 0 Å². The zero-order valence-electron chi connectivity index (χ0n) is 13.5. The third kappa shape index (κ3) is 3.40. The molecule has 0 saturated carbocycles. The number of aryl methyl sites for hydroxylation is 2. The molecule has 114 valence electrons. The van der Waals surface area contributed by atoms with Crippen LogP contribution in [0, 0.1) is 13.8 Å². The SMILES string of the molecule is Cc1cccc(C(C(=O)c2ccccc2)c2cccc(C)c2)c1. The number of rotatable bonds is 4. The Bertz CT molecular complexity index is 773. The first-order valence-electron chi connectivity index (χ1n) is 7.87. The van der Waals surface area contributed by atoms with Gasteiger partial charge in [-0.3, -0.25) is 4.79 Å². The molecule has 1 nitrogen and oxygen atoms in total. The monoisotopic (exact) mass is 300 g/mol. The fourth-order valence-electron chi connectivity index (χ4n) is 2.96. The van der Waals surface area contributed by atoms with Crippen molar-refractivity contribution in [2.45, 2.75) is 19.8 Å². The lowest BCUT2D eigenvalue weighted by atomic mass is 9.84. The van der Waals surface area contributed by atoms with Crippen molar-refractivity contribution in [2.75, 3.05) is 0 Å². The van der Waals surface area contributed by atoms with Crippen LogP contribution in [0.25, 0.3) is 0 Å². The van der Waals surface area contributed by atoms with Crippen LogP contribution in [0.3, 0.4) is 0 Å². The second-order valence-electron chi connectivity index (χ2n) is 5.99. The van der Waals surface area contributed by atoms with E-state index in [-0.39, 0.29) is 11.7 Å². The Balaban J connectivity index is 2.12. The van der Waals surface area contributed by atoms with Gasteiger partial charge in [-0.25, -0.2) is 0 Å². The van der Waals surface area contributed by atoms with E-state index in [9.17, 15) is 4.79 Å². The van der Waals surface area contributed by atoms with Gasteiger partial charge in [-0.15, -0.1) is 0 Å². The molecule has 0 aromatic heterocycles. The molecule has 0 radical (unpaired) electrons. The third-order valence-corrected chi connectivity index (χ3v) is 4.07. The normalized spacial score (nSPS) is 10.7. The van der Waals surface area contributed by atoms with Crippen molar-refractivity contribution in [3.8, 4) is 0 Å². The molecule has 0 aliphatic heterocycles. The largest absolute Gasteiger partial charge is 0.293 e. The minimum Gasteiger partial charge on any atom is -0.293 e. The molecule has 0 spiro atoms. The Morgan fingerprint density at radius 3 is 1.70 bits per heavy atom. The van der Waals surface area contributed by atoms with Gasteiger partial charge in [-0.1, -0.05) is 90.0 Å². The van der Waals surface area contributed by atoms with Gasteiger partial charge in [0.05, 0.1) is 5.92 Å². The maximum atomic E-state index is 13.2. The maximum absolute atomic E-state index is 13.2. The van der Waals surface area contributed by atoms with Crippen molar-refractivity contribution in [3.05, 3.63) is 107 Å². The Morgan fingerprint density at radius 1 is 0.696 bits per heavy atom. The van der Waals surface area contributed by atoms with Gasteiger partial charge >= 0.3 is 0 Å². The average Bonchev–Trinajstić information content (AvgIpc) is 2.56. The molecule has 0 aliphatic rings. The summed E-state index contributed by atoms with van der Waals surface area (Å²) in [6.45, 7) is 4.12. The molecular weight excluding hydrogens is 280 g/mol. The molecule has 0 unspecified atom stereocenters. The van der Waals surface area contributed by atoms with E-state index in [1.807, 2.05) is 54.6 Å². The number of hydrogen-bond acceptors (Lipinski definition) is 1. The van der Waals surface area contributed by atoms with Crippen molar-refractivity contribution >= 4 is 5.78 Å². The van der Waals surface area contributed by atoms with Crippen LogP contribution in [0.1, 0.15) is 38.5 Å². The van der Waals surface area contributed by atoms with Gasteiger partial charge in [0.25, 0.3) is 0 Å². The van der Waals surface area contributed by atoms with E-state index in [2.05, 4.69) is 38.1 Å². The Kier molecular flexibility index (Phi) is 4.38. The summed E-state index contributed by atoms with van der Waals surface area (Å²) in [5.41, 5.74) is 5.18. The summed E-state index contributed by atoms with van der Waals surface area (Å²) >= 11 is 0. The van der Waals surface area contributed by atoms with Gasteiger partial charge in [-0.2, -0.15) is 0 Å². The van der Waals surface area contributed by atoms with Crippen molar-refractivity contribution in [1.82, 2.24) is 0 Å². The second-order valence-corrected chi connectivity index (χ2v) is 5.99.